The zero-order valence-corrected chi connectivity index (χ0v) is 5.34. The van der Waals surface area contributed by atoms with Crippen molar-refractivity contribution in [3.8, 4) is 0 Å². The Morgan fingerprint density at radius 1 is 1.08 bits per heavy atom. The average molecular weight is 200 g/mol. The Bertz CT molecular complexity index is 144. The molecule has 0 radical (unpaired) electrons. The van der Waals surface area contributed by atoms with E-state index in [1.165, 1.54) is 0 Å². The largest absolute Gasteiger partial charge is 0.426 e. The number of hydrogen-bond donors (Lipinski definition) is 0. The molecule has 1 nitrogen and oxygen atoms in total. The Balaban J connectivity index is 4.37. The van der Waals surface area contributed by atoms with Crippen molar-refractivity contribution in [1.82, 2.24) is 0 Å². The molecule has 0 aliphatic heterocycles. The smallest absolute Gasteiger partial charge is 0.253 e. The van der Waals surface area contributed by atoms with Gasteiger partial charge in [-0.05, 0) is 0 Å². The maximum Gasteiger partial charge on any atom is 0.426 e. The van der Waals surface area contributed by atoms with Crippen LogP contribution < -0.4 is 0 Å². The molecular weight excluding hydrogens is 197 g/mol. The molecule has 0 rings (SSSR count). The van der Waals surface area contributed by atoms with Gasteiger partial charge in [-0.1, -0.05) is 0 Å². The minimum Gasteiger partial charge on any atom is -0.253 e. The summed E-state index contributed by atoms with van der Waals surface area (Å²) >= 11 is 0. The molecule has 0 bridgehead atoms. The third-order valence-electron chi connectivity index (χ3n) is 0.831. The summed E-state index contributed by atoms with van der Waals surface area (Å²) in [6.07, 6.45) is -5.49. The molecule has 74 valence electrons. The third-order valence-corrected chi connectivity index (χ3v) is 0.831. The standard InChI is InChI=1S/C4H3F7O/c5-1-3(8,9)4(10,11)12-2(6)7/h2H,1H2. The zero-order valence-electron chi connectivity index (χ0n) is 5.34. The highest BCUT2D eigenvalue weighted by Gasteiger charge is 2.59. The van der Waals surface area contributed by atoms with Gasteiger partial charge in [-0.3, -0.25) is 4.74 Å². The van der Waals surface area contributed by atoms with Crippen molar-refractivity contribution in [2.24, 2.45) is 0 Å². The van der Waals surface area contributed by atoms with Gasteiger partial charge in [0.1, 0.15) is 0 Å². The normalized spacial score (nSPS) is 14.0. The molecule has 0 aromatic heterocycles. The van der Waals surface area contributed by atoms with Crippen LogP contribution >= 0.6 is 0 Å². The fourth-order valence-electron chi connectivity index (χ4n) is 0.276. The van der Waals surface area contributed by atoms with E-state index in [0.717, 1.165) is 0 Å². The molecule has 0 spiro atoms. The molecule has 0 aromatic rings. The SMILES string of the molecule is FCC(F)(F)C(F)(F)OC(F)F. The highest BCUT2D eigenvalue weighted by molar-refractivity contribution is 4.75. The Kier molecular flexibility index (Phi) is 3.31. The van der Waals surface area contributed by atoms with Gasteiger partial charge in [0.05, 0.1) is 0 Å². The first kappa shape index (κ1) is 11.5. The summed E-state index contributed by atoms with van der Waals surface area (Å²) in [7, 11) is 0. The van der Waals surface area contributed by atoms with Crippen molar-refractivity contribution >= 4 is 0 Å². The Morgan fingerprint density at radius 3 is 1.75 bits per heavy atom. The second kappa shape index (κ2) is 3.46. The van der Waals surface area contributed by atoms with Crippen LogP contribution in [0.4, 0.5) is 30.7 Å². The van der Waals surface area contributed by atoms with Crippen molar-refractivity contribution in [2.75, 3.05) is 6.67 Å². The molecule has 8 heteroatoms. The van der Waals surface area contributed by atoms with Crippen LogP contribution in [0.2, 0.25) is 0 Å². The van der Waals surface area contributed by atoms with E-state index in [-0.39, 0.29) is 0 Å². The minimum absolute atomic E-state index is 2.24. The molecule has 0 aliphatic rings. The van der Waals surface area contributed by atoms with Crippen molar-refractivity contribution in [3.63, 3.8) is 0 Å². The fraction of sp³-hybridized carbons (Fsp3) is 1.00. The van der Waals surface area contributed by atoms with Crippen molar-refractivity contribution in [2.45, 2.75) is 18.6 Å². The van der Waals surface area contributed by atoms with Crippen LogP contribution in [0.25, 0.3) is 0 Å². The molecule has 0 N–H and O–H groups in total. The maximum atomic E-state index is 11.8. The van der Waals surface area contributed by atoms with Gasteiger partial charge in [0.25, 0.3) is 0 Å². The molecule has 0 aromatic carbocycles. The van der Waals surface area contributed by atoms with Gasteiger partial charge in [0.2, 0.25) is 0 Å². The van der Waals surface area contributed by atoms with Crippen LogP contribution in [0.3, 0.4) is 0 Å². The monoisotopic (exact) mass is 200 g/mol. The lowest BCUT2D eigenvalue weighted by atomic mass is 10.3. The first-order chi connectivity index (χ1) is 5.23. The summed E-state index contributed by atoms with van der Waals surface area (Å²) in [5.74, 6) is -5.23. The second-order valence-corrected chi connectivity index (χ2v) is 1.73. The molecule has 0 saturated heterocycles. The quantitative estimate of drug-likeness (QED) is 0.633. The molecule has 0 saturated carbocycles. The first-order valence-electron chi connectivity index (χ1n) is 2.50. The summed E-state index contributed by atoms with van der Waals surface area (Å²) in [4.78, 5) is 0. The molecule has 0 aliphatic carbocycles. The Morgan fingerprint density at radius 2 is 1.50 bits per heavy atom. The van der Waals surface area contributed by atoms with Gasteiger partial charge in [0.15, 0.2) is 6.67 Å². The van der Waals surface area contributed by atoms with E-state index in [1.807, 2.05) is 0 Å². The minimum atomic E-state index is -5.49. The number of alkyl halides is 7. The first-order valence-corrected chi connectivity index (χ1v) is 2.50. The number of rotatable bonds is 4. The number of halogens is 7. The summed E-state index contributed by atoms with van der Waals surface area (Å²) in [5.41, 5.74) is 0. The van der Waals surface area contributed by atoms with Crippen molar-refractivity contribution in [1.29, 1.82) is 0 Å². The average Bonchev–Trinajstić information content (AvgIpc) is 1.84. The van der Waals surface area contributed by atoms with Gasteiger partial charge >= 0.3 is 18.6 Å². The van der Waals surface area contributed by atoms with E-state index in [1.54, 1.807) is 0 Å². The lowest BCUT2D eigenvalue weighted by Crippen LogP contribution is -2.45. The van der Waals surface area contributed by atoms with Crippen molar-refractivity contribution in [3.05, 3.63) is 0 Å². The summed E-state index contributed by atoms with van der Waals surface area (Å²) < 4.78 is 82.4. The van der Waals surface area contributed by atoms with Crippen LogP contribution in [-0.2, 0) is 4.74 Å². The predicted octanol–water partition coefficient (Wildman–Crippen LogP) is 2.42. The zero-order chi connectivity index (χ0) is 9.99. The summed E-state index contributed by atoms with van der Waals surface area (Å²) in [6.45, 7) is -6.86. The molecule has 0 atom stereocenters. The molecule has 12 heavy (non-hydrogen) atoms. The summed E-state index contributed by atoms with van der Waals surface area (Å²) in [5, 5.41) is 0. The third kappa shape index (κ3) is 2.50. The fourth-order valence-corrected chi connectivity index (χ4v) is 0.276. The lowest BCUT2D eigenvalue weighted by molar-refractivity contribution is -0.395. The molecule has 0 unspecified atom stereocenters. The number of ether oxygens (including phenoxy) is 1. The van der Waals surface area contributed by atoms with Crippen LogP contribution in [0.1, 0.15) is 0 Å². The molecular formula is C4H3F7O. The van der Waals surface area contributed by atoms with Gasteiger partial charge in [0, 0.05) is 0 Å². The van der Waals surface area contributed by atoms with E-state index >= 15 is 0 Å². The van der Waals surface area contributed by atoms with Crippen LogP contribution in [0.15, 0.2) is 0 Å². The van der Waals surface area contributed by atoms with Crippen LogP contribution in [0, 0.1) is 0 Å². The van der Waals surface area contributed by atoms with E-state index in [0.29, 0.717) is 0 Å². The van der Waals surface area contributed by atoms with Gasteiger partial charge in [-0.2, -0.15) is 26.3 Å². The Hall–Kier alpha value is -0.530. The molecule has 0 fully saturated rings. The van der Waals surface area contributed by atoms with Gasteiger partial charge in [-0.15, -0.1) is 0 Å². The maximum absolute atomic E-state index is 11.8. The van der Waals surface area contributed by atoms with Gasteiger partial charge in [-0.25, -0.2) is 4.39 Å². The van der Waals surface area contributed by atoms with E-state index in [9.17, 15) is 30.7 Å². The highest BCUT2D eigenvalue weighted by Crippen LogP contribution is 2.36. The predicted molar refractivity (Wildman–Crippen MR) is 23.0 cm³/mol. The summed E-state index contributed by atoms with van der Waals surface area (Å²) in [6, 6.07) is 0. The lowest BCUT2D eigenvalue weighted by Gasteiger charge is -2.22. The molecule has 0 amide bonds. The van der Waals surface area contributed by atoms with Crippen molar-refractivity contribution < 1.29 is 35.5 Å². The second-order valence-electron chi connectivity index (χ2n) is 1.73. The molecule has 0 heterocycles. The van der Waals surface area contributed by atoms with Crippen LogP contribution in [-0.4, -0.2) is 25.3 Å². The highest BCUT2D eigenvalue weighted by atomic mass is 19.3. The topological polar surface area (TPSA) is 9.23 Å². The van der Waals surface area contributed by atoms with Gasteiger partial charge < -0.3 is 0 Å². The number of hydrogen-bond acceptors (Lipinski definition) is 1. The van der Waals surface area contributed by atoms with E-state index in [2.05, 4.69) is 4.74 Å². The van der Waals surface area contributed by atoms with E-state index in [4.69, 9.17) is 0 Å². The Labute approximate surface area is 62.1 Å². The van der Waals surface area contributed by atoms with Crippen LogP contribution in [0.5, 0.6) is 0 Å². The van der Waals surface area contributed by atoms with E-state index < -0.39 is 25.3 Å².